The zero-order chi connectivity index (χ0) is 22.1. The Bertz CT molecular complexity index is 987. The van der Waals surface area contributed by atoms with E-state index in [0.29, 0.717) is 45.6 Å². The van der Waals surface area contributed by atoms with Crippen LogP contribution in [0.2, 0.25) is 15.1 Å². The van der Waals surface area contributed by atoms with Gasteiger partial charge in [-0.05, 0) is 42.8 Å². The second-order valence-corrected chi connectivity index (χ2v) is 7.92. The highest BCUT2D eigenvalue weighted by atomic mass is 35.5. The van der Waals surface area contributed by atoms with Crippen molar-refractivity contribution in [2.24, 2.45) is 0 Å². The summed E-state index contributed by atoms with van der Waals surface area (Å²) in [7, 11) is 1.59. The van der Waals surface area contributed by atoms with Crippen LogP contribution in [0.3, 0.4) is 0 Å². The van der Waals surface area contributed by atoms with E-state index >= 15 is 0 Å². The summed E-state index contributed by atoms with van der Waals surface area (Å²) >= 11 is 18.6. The third-order valence-electron chi connectivity index (χ3n) is 4.43. The van der Waals surface area contributed by atoms with E-state index in [1.807, 2.05) is 30.3 Å². The van der Waals surface area contributed by atoms with Gasteiger partial charge in [0, 0.05) is 45.5 Å². The van der Waals surface area contributed by atoms with Crippen LogP contribution in [0.15, 0.2) is 54.7 Å². The van der Waals surface area contributed by atoms with E-state index in [0.717, 1.165) is 24.1 Å². The van der Waals surface area contributed by atoms with Gasteiger partial charge in [-0.2, -0.15) is 0 Å². The van der Waals surface area contributed by atoms with Crippen molar-refractivity contribution in [2.75, 3.05) is 20.3 Å². The van der Waals surface area contributed by atoms with Crippen molar-refractivity contribution in [3.8, 4) is 17.4 Å². The maximum Gasteiger partial charge on any atom is 0.213 e. The smallest absolute Gasteiger partial charge is 0.213 e. The number of ether oxygens (including phenoxy) is 3. The zero-order valence-electron chi connectivity index (χ0n) is 17.0. The summed E-state index contributed by atoms with van der Waals surface area (Å²) in [6.07, 6.45) is 2.55. The number of nitrogens with one attached hydrogen (secondary N) is 1. The molecule has 3 aromatic rings. The van der Waals surface area contributed by atoms with Crippen LogP contribution in [-0.2, 0) is 13.2 Å². The van der Waals surface area contributed by atoms with Gasteiger partial charge in [0.1, 0.15) is 6.61 Å². The molecule has 0 bridgehead atoms. The van der Waals surface area contributed by atoms with Crippen LogP contribution in [0, 0.1) is 0 Å². The van der Waals surface area contributed by atoms with E-state index < -0.39 is 0 Å². The molecule has 0 saturated heterocycles. The van der Waals surface area contributed by atoms with E-state index in [4.69, 9.17) is 49.0 Å². The molecule has 3 rings (SSSR count). The Morgan fingerprint density at radius 1 is 0.903 bits per heavy atom. The number of rotatable bonds is 11. The largest absolute Gasteiger partial charge is 0.493 e. The van der Waals surface area contributed by atoms with Crippen LogP contribution in [0.25, 0.3) is 0 Å². The molecule has 0 aliphatic carbocycles. The standard InChI is InChI=1S/C23H23Cl3N2O3/c1-29-21-11-17(14-27-8-4-10-30-23-5-2-3-9-28-23)20(26)13-22(21)31-15-16-6-7-18(24)12-19(16)25/h2-3,5-7,9,11-13,27H,4,8,10,14-15H2,1H3. The average molecular weight is 482 g/mol. The molecule has 1 heterocycles. The first-order valence-electron chi connectivity index (χ1n) is 9.74. The second kappa shape index (κ2) is 12.0. The highest BCUT2D eigenvalue weighted by Crippen LogP contribution is 2.34. The Morgan fingerprint density at radius 3 is 2.48 bits per heavy atom. The lowest BCUT2D eigenvalue weighted by Crippen LogP contribution is -2.17. The van der Waals surface area contributed by atoms with Gasteiger partial charge in [0.05, 0.1) is 13.7 Å². The molecular weight excluding hydrogens is 459 g/mol. The first-order valence-corrected chi connectivity index (χ1v) is 10.9. The molecule has 2 aromatic carbocycles. The van der Waals surface area contributed by atoms with Gasteiger partial charge < -0.3 is 19.5 Å². The van der Waals surface area contributed by atoms with Crippen LogP contribution < -0.4 is 19.5 Å². The number of methoxy groups -OCH3 is 1. The molecule has 5 nitrogen and oxygen atoms in total. The first kappa shape index (κ1) is 23.5. The van der Waals surface area contributed by atoms with Crippen LogP contribution >= 0.6 is 34.8 Å². The fourth-order valence-corrected chi connectivity index (χ4v) is 3.49. The Morgan fingerprint density at radius 2 is 1.74 bits per heavy atom. The molecule has 1 aromatic heterocycles. The fraction of sp³-hybridized carbons (Fsp3) is 0.261. The van der Waals surface area contributed by atoms with E-state index in [1.165, 1.54) is 0 Å². The van der Waals surface area contributed by atoms with E-state index in [2.05, 4.69) is 10.3 Å². The van der Waals surface area contributed by atoms with Crippen LogP contribution in [-0.4, -0.2) is 25.2 Å². The number of pyridine rings is 1. The number of hydrogen-bond donors (Lipinski definition) is 1. The summed E-state index contributed by atoms with van der Waals surface area (Å²) < 4.78 is 17.0. The summed E-state index contributed by atoms with van der Waals surface area (Å²) in [4.78, 5) is 4.13. The molecule has 0 aliphatic heterocycles. The summed E-state index contributed by atoms with van der Waals surface area (Å²) in [6, 6.07) is 14.5. The lowest BCUT2D eigenvalue weighted by atomic mass is 10.2. The van der Waals surface area contributed by atoms with Gasteiger partial charge in [-0.15, -0.1) is 0 Å². The van der Waals surface area contributed by atoms with Gasteiger partial charge in [0.15, 0.2) is 11.5 Å². The van der Waals surface area contributed by atoms with E-state index in [9.17, 15) is 0 Å². The van der Waals surface area contributed by atoms with Crippen molar-refractivity contribution < 1.29 is 14.2 Å². The zero-order valence-corrected chi connectivity index (χ0v) is 19.3. The van der Waals surface area contributed by atoms with Crippen molar-refractivity contribution in [3.05, 3.63) is 80.9 Å². The molecule has 0 unspecified atom stereocenters. The quantitative estimate of drug-likeness (QED) is 0.331. The molecule has 0 fully saturated rings. The minimum Gasteiger partial charge on any atom is -0.493 e. The van der Waals surface area contributed by atoms with E-state index in [-0.39, 0.29) is 6.61 Å². The normalized spacial score (nSPS) is 10.7. The Labute approximate surface area is 197 Å². The number of nitrogens with zero attached hydrogens (tertiary/aromatic N) is 1. The van der Waals surface area contributed by atoms with Gasteiger partial charge >= 0.3 is 0 Å². The van der Waals surface area contributed by atoms with Crippen LogP contribution in [0.5, 0.6) is 17.4 Å². The molecule has 0 aliphatic rings. The van der Waals surface area contributed by atoms with Crippen molar-refractivity contribution in [1.82, 2.24) is 10.3 Å². The van der Waals surface area contributed by atoms with Gasteiger partial charge in [0.25, 0.3) is 0 Å². The molecule has 164 valence electrons. The third kappa shape index (κ3) is 7.18. The Balaban J connectivity index is 1.50. The fourth-order valence-electron chi connectivity index (χ4n) is 2.81. The van der Waals surface area contributed by atoms with Gasteiger partial charge in [-0.3, -0.25) is 0 Å². The monoisotopic (exact) mass is 480 g/mol. The van der Waals surface area contributed by atoms with Gasteiger partial charge in [-0.1, -0.05) is 46.9 Å². The lowest BCUT2D eigenvalue weighted by molar-refractivity contribution is 0.284. The van der Waals surface area contributed by atoms with Crippen LogP contribution in [0.1, 0.15) is 17.5 Å². The Hall–Kier alpha value is -2.18. The number of halogens is 3. The summed E-state index contributed by atoms with van der Waals surface area (Å²) in [6.45, 7) is 2.23. The molecular formula is C23H23Cl3N2O3. The highest BCUT2D eigenvalue weighted by Gasteiger charge is 2.12. The molecule has 0 radical (unpaired) electrons. The van der Waals surface area contributed by atoms with Gasteiger partial charge in [-0.25, -0.2) is 4.98 Å². The minimum absolute atomic E-state index is 0.274. The summed E-state index contributed by atoms with van der Waals surface area (Å²) in [5.41, 5.74) is 1.74. The minimum atomic E-state index is 0.274. The molecule has 0 amide bonds. The number of aromatic nitrogens is 1. The lowest BCUT2D eigenvalue weighted by Gasteiger charge is -2.15. The summed E-state index contributed by atoms with van der Waals surface area (Å²) in [5, 5.41) is 5.08. The third-order valence-corrected chi connectivity index (χ3v) is 5.37. The van der Waals surface area contributed by atoms with Crippen LogP contribution in [0.4, 0.5) is 0 Å². The van der Waals surface area contributed by atoms with Gasteiger partial charge in [0.2, 0.25) is 5.88 Å². The molecule has 0 saturated carbocycles. The maximum absolute atomic E-state index is 6.46. The van der Waals surface area contributed by atoms with Crippen molar-refractivity contribution >= 4 is 34.8 Å². The molecule has 0 spiro atoms. The van der Waals surface area contributed by atoms with Crippen molar-refractivity contribution in [3.63, 3.8) is 0 Å². The maximum atomic E-state index is 6.46. The molecule has 31 heavy (non-hydrogen) atoms. The number of hydrogen-bond acceptors (Lipinski definition) is 5. The average Bonchev–Trinajstić information content (AvgIpc) is 2.77. The topological polar surface area (TPSA) is 52.6 Å². The van der Waals surface area contributed by atoms with E-state index in [1.54, 1.807) is 31.5 Å². The molecule has 8 heteroatoms. The Kier molecular flexibility index (Phi) is 9.10. The predicted molar refractivity (Wildman–Crippen MR) is 125 cm³/mol. The SMILES string of the molecule is COc1cc(CNCCCOc2ccccn2)c(Cl)cc1OCc1ccc(Cl)cc1Cl. The van der Waals surface area contributed by atoms with Crippen molar-refractivity contribution in [1.29, 1.82) is 0 Å². The first-order chi connectivity index (χ1) is 15.1. The number of benzene rings is 2. The summed E-state index contributed by atoms with van der Waals surface area (Å²) in [5.74, 6) is 1.78. The van der Waals surface area contributed by atoms with Crippen molar-refractivity contribution in [2.45, 2.75) is 19.6 Å². The second-order valence-electron chi connectivity index (χ2n) is 6.67. The molecule has 1 N–H and O–H groups in total. The highest BCUT2D eigenvalue weighted by molar-refractivity contribution is 6.35. The molecule has 0 atom stereocenters. The predicted octanol–water partition coefficient (Wildman–Crippen LogP) is 6.19.